The van der Waals surface area contributed by atoms with Gasteiger partial charge in [-0.2, -0.15) is 0 Å². The van der Waals surface area contributed by atoms with E-state index in [1.54, 1.807) is 6.20 Å². The van der Waals surface area contributed by atoms with Crippen LogP contribution in [0.2, 0.25) is 0 Å². The van der Waals surface area contributed by atoms with E-state index in [1.165, 1.54) is 11.1 Å². The fourth-order valence-corrected chi connectivity index (χ4v) is 1.72. The Balaban J connectivity index is 1.73. The van der Waals surface area contributed by atoms with Crippen molar-refractivity contribution in [3.63, 3.8) is 0 Å². The van der Waals surface area contributed by atoms with E-state index in [9.17, 15) is 0 Å². The Labute approximate surface area is 102 Å². The maximum Gasteiger partial charge on any atom is 0.119 e. The summed E-state index contributed by atoms with van der Waals surface area (Å²) in [7, 11) is 0. The maximum atomic E-state index is 5.69. The molecule has 0 saturated carbocycles. The summed E-state index contributed by atoms with van der Waals surface area (Å²) in [6, 6.07) is 12.2. The van der Waals surface area contributed by atoms with E-state index in [0.29, 0.717) is 0 Å². The molecular weight excluding hydrogens is 210 g/mol. The second-order valence-electron chi connectivity index (χ2n) is 4.13. The van der Waals surface area contributed by atoms with E-state index >= 15 is 0 Å². The molecule has 0 unspecified atom stereocenters. The number of nitrogens with zero attached hydrogens (tertiary/aromatic N) is 1. The number of hydrogen-bond donors (Lipinski definition) is 0. The van der Waals surface area contributed by atoms with Crippen LogP contribution in [-0.4, -0.2) is 11.6 Å². The molecular formula is C15H17NO. The molecule has 2 nitrogen and oxygen atoms in total. The molecule has 0 atom stereocenters. The van der Waals surface area contributed by atoms with Gasteiger partial charge in [-0.25, -0.2) is 0 Å². The molecule has 0 fully saturated rings. The molecule has 0 bridgehead atoms. The van der Waals surface area contributed by atoms with Gasteiger partial charge in [0.25, 0.3) is 0 Å². The van der Waals surface area contributed by atoms with Crippen molar-refractivity contribution in [3.05, 3.63) is 59.9 Å². The fraction of sp³-hybridized carbons (Fsp3) is 0.267. The van der Waals surface area contributed by atoms with E-state index in [1.807, 2.05) is 24.4 Å². The Hall–Kier alpha value is -1.83. The van der Waals surface area contributed by atoms with E-state index in [0.717, 1.165) is 25.2 Å². The van der Waals surface area contributed by atoms with Crippen molar-refractivity contribution in [2.45, 2.75) is 19.8 Å². The van der Waals surface area contributed by atoms with Gasteiger partial charge in [0, 0.05) is 12.4 Å². The Morgan fingerprint density at radius 2 is 2.12 bits per heavy atom. The van der Waals surface area contributed by atoms with Crippen LogP contribution in [0.4, 0.5) is 0 Å². The highest BCUT2D eigenvalue weighted by Crippen LogP contribution is 2.12. The summed E-state index contributed by atoms with van der Waals surface area (Å²) in [5, 5.41) is 0. The SMILES string of the molecule is Cc1cccc(OCCCc2cccnc2)c1. The lowest BCUT2D eigenvalue weighted by molar-refractivity contribution is 0.311. The van der Waals surface area contributed by atoms with Gasteiger partial charge in [0.05, 0.1) is 6.61 Å². The van der Waals surface area contributed by atoms with Crippen molar-refractivity contribution in [1.29, 1.82) is 0 Å². The summed E-state index contributed by atoms with van der Waals surface area (Å²) in [5.41, 5.74) is 2.50. The minimum Gasteiger partial charge on any atom is -0.494 e. The van der Waals surface area contributed by atoms with Gasteiger partial charge in [-0.3, -0.25) is 4.98 Å². The molecule has 1 aromatic carbocycles. The van der Waals surface area contributed by atoms with Crippen LogP contribution in [0.15, 0.2) is 48.8 Å². The van der Waals surface area contributed by atoms with Crippen molar-refractivity contribution in [3.8, 4) is 5.75 Å². The highest BCUT2D eigenvalue weighted by Gasteiger charge is 1.95. The highest BCUT2D eigenvalue weighted by atomic mass is 16.5. The number of benzene rings is 1. The van der Waals surface area contributed by atoms with E-state index in [4.69, 9.17) is 4.74 Å². The van der Waals surface area contributed by atoms with Crippen LogP contribution < -0.4 is 4.74 Å². The lowest BCUT2D eigenvalue weighted by Crippen LogP contribution is -1.99. The van der Waals surface area contributed by atoms with E-state index in [-0.39, 0.29) is 0 Å². The van der Waals surface area contributed by atoms with Gasteiger partial charge in [0.1, 0.15) is 5.75 Å². The second kappa shape index (κ2) is 6.04. The molecule has 0 aliphatic rings. The lowest BCUT2D eigenvalue weighted by atomic mass is 10.2. The molecule has 0 amide bonds. The summed E-state index contributed by atoms with van der Waals surface area (Å²) < 4.78 is 5.69. The van der Waals surface area contributed by atoms with Gasteiger partial charge in [0.2, 0.25) is 0 Å². The summed E-state index contributed by atoms with van der Waals surface area (Å²) in [6.45, 7) is 2.82. The smallest absolute Gasteiger partial charge is 0.119 e. The first-order valence-electron chi connectivity index (χ1n) is 5.93. The third-order valence-corrected chi connectivity index (χ3v) is 2.59. The van der Waals surface area contributed by atoms with E-state index in [2.05, 4.69) is 30.1 Å². The molecule has 0 radical (unpaired) electrons. The Morgan fingerprint density at radius 1 is 1.18 bits per heavy atom. The zero-order valence-corrected chi connectivity index (χ0v) is 10.1. The summed E-state index contributed by atoms with van der Waals surface area (Å²) in [5.74, 6) is 0.955. The van der Waals surface area contributed by atoms with Crippen LogP contribution in [0.1, 0.15) is 17.5 Å². The topological polar surface area (TPSA) is 22.1 Å². The van der Waals surface area contributed by atoms with Crippen LogP contribution in [-0.2, 0) is 6.42 Å². The first-order chi connectivity index (χ1) is 8.34. The Bertz CT molecular complexity index is 453. The second-order valence-corrected chi connectivity index (χ2v) is 4.13. The molecule has 0 aliphatic heterocycles. The van der Waals surface area contributed by atoms with Crippen molar-refractivity contribution < 1.29 is 4.74 Å². The van der Waals surface area contributed by atoms with Crippen LogP contribution in [0.5, 0.6) is 5.75 Å². The van der Waals surface area contributed by atoms with Gasteiger partial charge >= 0.3 is 0 Å². The molecule has 1 aromatic heterocycles. The van der Waals surface area contributed by atoms with Gasteiger partial charge < -0.3 is 4.74 Å². The molecule has 1 heterocycles. The Kier molecular flexibility index (Phi) is 4.14. The van der Waals surface area contributed by atoms with Crippen molar-refractivity contribution in [1.82, 2.24) is 4.98 Å². The molecule has 0 N–H and O–H groups in total. The van der Waals surface area contributed by atoms with Crippen LogP contribution in [0.25, 0.3) is 0 Å². The van der Waals surface area contributed by atoms with Gasteiger partial charge in [-0.1, -0.05) is 18.2 Å². The molecule has 2 aromatic rings. The van der Waals surface area contributed by atoms with Crippen LogP contribution in [0, 0.1) is 6.92 Å². The summed E-state index contributed by atoms with van der Waals surface area (Å²) in [4.78, 5) is 4.09. The van der Waals surface area contributed by atoms with Crippen LogP contribution in [0.3, 0.4) is 0 Å². The average Bonchev–Trinajstić information content (AvgIpc) is 2.36. The molecule has 2 rings (SSSR count). The monoisotopic (exact) mass is 227 g/mol. The first kappa shape index (κ1) is 11.6. The third kappa shape index (κ3) is 3.91. The molecule has 88 valence electrons. The number of aryl methyl sites for hydroxylation is 2. The largest absolute Gasteiger partial charge is 0.494 e. The number of hydrogen-bond acceptors (Lipinski definition) is 2. The molecule has 0 spiro atoms. The summed E-state index contributed by atoms with van der Waals surface area (Å²) in [6.07, 6.45) is 5.73. The quantitative estimate of drug-likeness (QED) is 0.730. The van der Waals surface area contributed by atoms with Gasteiger partial charge in [-0.15, -0.1) is 0 Å². The third-order valence-electron chi connectivity index (χ3n) is 2.59. The van der Waals surface area contributed by atoms with Gasteiger partial charge in [0.15, 0.2) is 0 Å². The minimum atomic E-state index is 0.748. The number of ether oxygens (including phenoxy) is 1. The zero-order valence-electron chi connectivity index (χ0n) is 10.1. The van der Waals surface area contributed by atoms with Crippen LogP contribution >= 0.6 is 0 Å². The molecule has 2 heteroatoms. The van der Waals surface area contributed by atoms with Crippen molar-refractivity contribution in [2.24, 2.45) is 0 Å². The predicted molar refractivity (Wildman–Crippen MR) is 69.2 cm³/mol. The highest BCUT2D eigenvalue weighted by molar-refractivity contribution is 5.27. The lowest BCUT2D eigenvalue weighted by Gasteiger charge is -2.06. The Morgan fingerprint density at radius 3 is 2.88 bits per heavy atom. The zero-order chi connectivity index (χ0) is 11.9. The minimum absolute atomic E-state index is 0.748. The number of aromatic nitrogens is 1. The molecule has 0 aliphatic carbocycles. The van der Waals surface area contributed by atoms with E-state index < -0.39 is 0 Å². The normalized spacial score (nSPS) is 10.2. The van der Waals surface area contributed by atoms with Crippen molar-refractivity contribution >= 4 is 0 Å². The predicted octanol–water partition coefficient (Wildman–Crippen LogP) is 3.40. The standard InChI is InChI=1S/C15H17NO/c1-13-5-2-8-15(11-13)17-10-4-7-14-6-3-9-16-12-14/h2-3,5-6,8-9,11-12H,4,7,10H2,1H3. The van der Waals surface area contributed by atoms with Gasteiger partial charge in [-0.05, 0) is 49.1 Å². The fourth-order valence-electron chi connectivity index (χ4n) is 1.72. The van der Waals surface area contributed by atoms with Crippen molar-refractivity contribution in [2.75, 3.05) is 6.61 Å². The maximum absolute atomic E-state index is 5.69. The molecule has 17 heavy (non-hydrogen) atoms. The first-order valence-corrected chi connectivity index (χ1v) is 5.93. The number of pyridine rings is 1. The molecule has 0 saturated heterocycles. The number of rotatable bonds is 5. The summed E-state index contributed by atoms with van der Waals surface area (Å²) >= 11 is 0. The average molecular weight is 227 g/mol.